The molecule has 0 aromatic rings. The van der Waals surface area contributed by atoms with Crippen LogP contribution in [-0.2, 0) is 9.53 Å². The fraction of sp³-hybridized carbons (Fsp3) is 0.864. The van der Waals surface area contributed by atoms with E-state index in [2.05, 4.69) is 6.07 Å². The van der Waals surface area contributed by atoms with Crippen LogP contribution in [-0.4, -0.2) is 63.3 Å². The third-order valence-electron chi connectivity index (χ3n) is 6.86. The van der Waals surface area contributed by atoms with Crippen LogP contribution in [0.25, 0.3) is 0 Å². The van der Waals surface area contributed by atoms with Gasteiger partial charge in [-0.3, -0.25) is 9.69 Å². The van der Waals surface area contributed by atoms with Gasteiger partial charge in [-0.25, -0.2) is 4.79 Å². The number of ether oxygens (including phenoxy) is 1. The summed E-state index contributed by atoms with van der Waals surface area (Å²) in [7, 11) is 0. The molecule has 3 atom stereocenters. The van der Waals surface area contributed by atoms with Crippen LogP contribution >= 0.6 is 0 Å². The Morgan fingerprint density at radius 1 is 1.28 bits per heavy atom. The molecule has 3 unspecified atom stereocenters. The smallest absolute Gasteiger partial charge is 0.411 e. The Morgan fingerprint density at radius 3 is 2.41 bits per heavy atom. The number of rotatable bonds is 4. The van der Waals surface area contributed by atoms with Gasteiger partial charge in [0.25, 0.3) is 0 Å². The molecule has 1 aliphatic heterocycles. The summed E-state index contributed by atoms with van der Waals surface area (Å²) in [6, 6.07) is 1.74. The number of nitrogens with zero attached hydrogens (tertiary/aromatic N) is 3. The summed E-state index contributed by atoms with van der Waals surface area (Å²) in [5, 5.41) is 19.9. The van der Waals surface area contributed by atoms with E-state index in [4.69, 9.17) is 4.74 Å². The van der Waals surface area contributed by atoms with Gasteiger partial charge in [0.2, 0.25) is 5.91 Å². The molecule has 7 heteroatoms. The predicted octanol–water partition coefficient (Wildman–Crippen LogP) is 3.07. The number of likely N-dealkylation sites (tertiary alicyclic amines) is 1. The fourth-order valence-corrected chi connectivity index (χ4v) is 5.38. The predicted molar refractivity (Wildman–Crippen MR) is 108 cm³/mol. The Bertz CT molecular complexity index is 667. The third kappa shape index (κ3) is 4.85. The largest absolute Gasteiger partial charge is 0.444 e. The maximum atomic E-state index is 13.0. The number of aliphatic hydroxyl groups is 1. The van der Waals surface area contributed by atoms with Gasteiger partial charge >= 0.3 is 6.09 Å². The molecule has 2 aliphatic carbocycles. The molecule has 0 bridgehead atoms. The second-order valence-electron chi connectivity index (χ2n) is 10.1. The Kier molecular flexibility index (Phi) is 6.14. The van der Waals surface area contributed by atoms with Gasteiger partial charge in [-0.05, 0) is 77.6 Å². The van der Waals surface area contributed by atoms with Crippen molar-refractivity contribution in [2.24, 2.45) is 11.8 Å². The maximum Gasteiger partial charge on any atom is 0.411 e. The molecule has 1 saturated heterocycles. The maximum absolute atomic E-state index is 13.0. The van der Waals surface area contributed by atoms with E-state index in [0.717, 1.165) is 38.5 Å². The zero-order valence-corrected chi connectivity index (χ0v) is 18.2. The number of hydrogen-bond donors (Lipinski definition) is 1. The zero-order chi connectivity index (χ0) is 21.4. The van der Waals surface area contributed by atoms with Gasteiger partial charge in [-0.2, -0.15) is 5.26 Å². The van der Waals surface area contributed by atoms with Crippen LogP contribution in [0.3, 0.4) is 0 Å². The molecule has 0 spiro atoms. The first-order chi connectivity index (χ1) is 13.5. The fourth-order valence-electron chi connectivity index (χ4n) is 5.38. The van der Waals surface area contributed by atoms with Gasteiger partial charge in [0, 0.05) is 12.6 Å². The van der Waals surface area contributed by atoms with E-state index in [1.54, 1.807) is 9.80 Å². The molecule has 162 valence electrons. The lowest BCUT2D eigenvalue weighted by atomic mass is 9.94. The standard InChI is InChI=1S/C22H35N3O4/c1-5-22(28)11-15-9-18(10-16(15)12-22)25(20(27)29-21(2,3)4)14-19(26)24-8-6-7-17(24)13-23/h15-18,28H,5-12,14H2,1-4H3. The average molecular weight is 406 g/mol. The van der Waals surface area contributed by atoms with Gasteiger partial charge in [0.15, 0.2) is 0 Å². The lowest BCUT2D eigenvalue weighted by molar-refractivity contribution is -0.133. The van der Waals surface area contributed by atoms with Gasteiger partial charge in [0.05, 0.1) is 11.7 Å². The molecule has 0 aromatic heterocycles. The second kappa shape index (κ2) is 8.14. The van der Waals surface area contributed by atoms with Crippen molar-refractivity contribution in [3.63, 3.8) is 0 Å². The normalized spacial score (nSPS) is 34.0. The number of amides is 2. The van der Waals surface area contributed by atoms with Gasteiger partial charge < -0.3 is 14.7 Å². The van der Waals surface area contributed by atoms with Crippen molar-refractivity contribution in [2.45, 2.75) is 95.9 Å². The highest BCUT2D eigenvalue weighted by Crippen LogP contribution is 2.51. The lowest BCUT2D eigenvalue weighted by Gasteiger charge is -2.33. The molecule has 3 aliphatic rings. The molecule has 2 saturated carbocycles. The van der Waals surface area contributed by atoms with Crippen molar-refractivity contribution in [1.82, 2.24) is 9.80 Å². The van der Waals surface area contributed by atoms with Crippen LogP contribution in [0.5, 0.6) is 0 Å². The summed E-state index contributed by atoms with van der Waals surface area (Å²) in [5.74, 6) is 0.578. The number of carbonyl (C=O) groups excluding carboxylic acids is 2. The molecule has 7 nitrogen and oxygen atoms in total. The van der Waals surface area contributed by atoms with Gasteiger partial charge in [0.1, 0.15) is 18.2 Å². The second-order valence-corrected chi connectivity index (χ2v) is 10.1. The Hall–Kier alpha value is -1.81. The van der Waals surface area contributed by atoms with Crippen molar-refractivity contribution in [3.8, 4) is 6.07 Å². The van der Waals surface area contributed by atoms with Crippen molar-refractivity contribution in [2.75, 3.05) is 13.1 Å². The average Bonchev–Trinajstić information content (AvgIpc) is 3.30. The first-order valence-corrected chi connectivity index (χ1v) is 11.0. The van der Waals surface area contributed by atoms with Crippen LogP contribution in [0.4, 0.5) is 4.79 Å². The summed E-state index contributed by atoms with van der Waals surface area (Å²) in [5.41, 5.74) is -1.22. The van der Waals surface area contributed by atoms with Crippen LogP contribution in [0.1, 0.15) is 72.6 Å². The minimum absolute atomic E-state index is 0.0464. The molecular weight excluding hydrogens is 370 g/mol. The molecule has 29 heavy (non-hydrogen) atoms. The van der Waals surface area contributed by atoms with Gasteiger partial charge in [-0.1, -0.05) is 6.92 Å². The molecule has 3 rings (SSSR count). The first-order valence-electron chi connectivity index (χ1n) is 11.0. The van der Waals surface area contributed by atoms with E-state index >= 15 is 0 Å². The van der Waals surface area contributed by atoms with Crippen LogP contribution < -0.4 is 0 Å². The van der Waals surface area contributed by atoms with Crippen LogP contribution in [0, 0.1) is 23.2 Å². The van der Waals surface area contributed by atoms with Crippen molar-refractivity contribution in [1.29, 1.82) is 5.26 Å². The minimum atomic E-state index is -0.641. The number of hydrogen-bond acceptors (Lipinski definition) is 5. The quantitative estimate of drug-likeness (QED) is 0.776. The van der Waals surface area contributed by atoms with E-state index in [1.807, 2.05) is 27.7 Å². The molecule has 0 radical (unpaired) electrons. The van der Waals surface area contributed by atoms with E-state index in [1.165, 1.54) is 0 Å². The summed E-state index contributed by atoms with van der Waals surface area (Å²) < 4.78 is 5.62. The summed E-state index contributed by atoms with van der Waals surface area (Å²) >= 11 is 0. The zero-order valence-electron chi connectivity index (χ0n) is 18.2. The molecule has 1 N–H and O–H groups in total. The monoisotopic (exact) mass is 405 g/mol. The highest BCUT2D eigenvalue weighted by Gasteiger charge is 2.50. The van der Waals surface area contributed by atoms with Crippen LogP contribution in [0.2, 0.25) is 0 Å². The van der Waals surface area contributed by atoms with E-state index in [0.29, 0.717) is 24.8 Å². The highest BCUT2D eigenvalue weighted by molar-refractivity contribution is 5.83. The summed E-state index contributed by atoms with van der Waals surface area (Å²) in [4.78, 5) is 29.1. The molecule has 1 heterocycles. The molecular formula is C22H35N3O4. The lowest BCUT2D eigenvalue weighted by Crippen LogP contribution is -2.49. The minimum Gasteiger partial charge on any atom is -0.444 e. The Labute approximate surface area is 174 Å². The summed E-state index contributed by atoms with van der Waals surface area (Å²) in [6.45, 7) is 8.01. The molecule has 3 fully saturated rings. The topological polar surface area (TPSA) is 93.9 Å². The van der Waals surface area contributed by atoms with Crippen LogP contribution in [0.15, 0.2) is 0 Å². The van der Waals surface area contributed by atoms with Gasteiger partial charge in [-0.15, -0.1) is 0 Å². The van der Waals surface area contributed by atoms with Crippen molar-refractivity contribution in [3.05, 3.63) is 0 Å². The van der Waals surface area contributed by atoms with Crippen molar-refractivity contribution >= 4 is 12.0 Å². The number of nitriles is 1. The van der Waals surface area contributed by atoms with Crippen molar-refractivity contribution < 1.29 is 19.4 Å². The number of fused-ring (bicyclic) bond motifs is 1. The van der Waals surface area contributed by atoms with E-state index in [-0.39, 0.29) is 18.5 Å². The molecule has 0 aromatic carbocycles. The Balaban J connectivity index is 1.72. The van der Waals surface area contributed by atoms with E-state index < -0.39 is 23.3 Å². The SMILES string of the molecule is CCC1(O)CC2CC(N(CC(=O)N3CCCC3C#N)C(=O)OC(C)(C)C)CC2C1. The molecule has 2 amide bonds. The summed E-state index contributed by atoms with van der Waals surface area (Å²) in [6.07, 6.45) is 4.92. The Morgan fingerprint density at radius 2 is 1.90 bits per heavy atom. The highest BCUT2D eigenvalue weighted by atomic mass is 16.6. The van der Waals surface area contributed by atoms with E-state index in [9.17, 15) is 20.0 Å². The third-order valence-corrected chi connectivity index (χ3v) is 6.86. The first kappa shape index (κ1) is 21.9. The number of carbonyl (C=O) groups is 2.